The second-order valence-electron chi connectivity index (χ2n) is 9.17. The second-order valence-corrected chi connectivity index (χ2v) is 11.6. The van der Waals surface area contributed by atoms with E-state index in [1.54, 1.807) is 30.3 Å². The number of halogens is 1. The number of aliphatic hydroxyl groups is 1. The normalized spacial score (nSPS) is 12.4. The number of sulfone groups is 1. The van der Waals surface area contributed by atoms with Crippen molar-refractivity contribution >= 4 is 27.4 Å². The molecule has 0 bridgehead atoms. The number of hydrogen-bond donors (Lipinski definition) is 3. The van der Waals surface area contributed by atoms with Gasteiger partial charge >= 0.3 is 5.97 Å². The molecule has 9 heteroatoms. The highest BCUT2D eigenvalue weighted by Crippen LogP contribution is 2.27. The van der Waals surface area contributed by atoms with E-state index in [0.29, 0.717) is 31.1 Å². The number of benzene rings is 4. The lowest BCUT2D eigenvalue weighted by molar-refractivity contribution is 0.0693. The molecule has 1 atom stereocenters. The fourth-order valence-electron chi connectivity index (χ4n) is 4.26. The van der Waals surface area contributed by atoms with E-state index in [1.165, 1.54) is 18.2 Å². The topological polar surface area (TPSA) is 115 Å². The lowest BCUT2D eigenvalue weighted by atomic mass is 10.1. The van der Waals surface area contributed by atoms with Crippen molar-refractivity contribution in [1.29, 1.82) is 0 Å². The van der Waals surface area contributed by atoms with Crippen molar-refractivity contribution in [1.82, 2.24) is 4.90 Å². The quantitative estimate of drug-likeness (QED) is 0.224. The van der Waals surface area contributed by atoms with Gasteiger partial charge < -0.3 is 15.3 Å². The van der Waals surface area contributed by atoms with Gasteiger partial charge in [0.15, 0.2) is 0 Å². The van der Waals surface area contributed by atoms with E-state index < -0.39 is 27.7 Å². The van der Waals surface area contributed by atoms with Gasteiger partial charge in [-0.25, -0.2) is 13.2 Å². The molecule has 4 rings (SSSR count). The van der Waals surface area contributed by atoms with Crippen LogP contribution in [0.2, 0.25) is 5.02 Å². The highest BCUT2D eigenvalue weighted by atomic mass is 35.5. The SMILES string of the molecule is O=C(O)c1ccc(S(=O)(=O)c2ccc(CCN(Cc3ccccc3)C[C@H](O)c3cccc(Cl)c3)cc2)cc1O. The molecule has 0 spiro atoms. The lowest BCUT2D eigenvalue weighted by Gasteiger charge is -2.25. The van der Waals surface area contributed by atoms with Gasteiger partial charge in [0.25, 0.3) is 0 Å². The van der Waals surface area contributed by atoms with Crippen molar-refractivity contribution in [3.05, 3.63) is 124 Å². The van der Waals surface area contributed by atoms with Crippen LogP contribution in [0.1, 0.15) is 33.2 Å². The van der Waals surface area contributed by atoms with Crippen molar-refractivity contribution in [2.24, 2.45) is 0 Å². The summed E-state index contributed by atoms with van der Waals surface area (Å²) in [5.74, 6) is -1.96. The summed E-state index contributed by atoms with van der Waals surface area (Å²) >= 11 is 6.10. The number of aliphatic hydroxyl groups excluding tert-OH is 1. The fraction of sp³-hybridized carbons (Fsp3) is 0.167. The van der Waals surface area contributed by atoms with Crippen LogP contribution in [-0.4, -0.2) is 47.7 Å². The van der Waals surface area contributed by atoms with Crippen molar-refractivity contribution in [2.45, 2.75) is 28.9 Å². The molecular weight excluding hydrogens is 538 g/mol. The minimum Gasteiger partial charge on any atom is -0.507 e. The molecule has 0 aromatic heterocycles. The number of phenols is 1. The molecule has 0 fully saturated rings. The molecule has 7 nitrogen and oxygen atoms in total. The second kappa shape index (κ2) is 12.4. The Hall–Kier alpha value is -3.69. The molecule has 0 amide bonds. The minimum atomic E-state index is -3.95. The van der Waals surface area contributed by atoms with E-state index in [4.69, 9.17) is 16.7 Å². The number of nitrogens with zero attached hydrogens (tertiary/aromatic N) is 1. The summed E-state index contributed by atoms with van der Waals surface area (Å²) < 4.78 is 26.0. The molecule has 3 N–H and O–H groups in total. The van der Waals surface area contributed by atoms with Crippen molar-refractivity contribution in [2.75, 3.05) is 13.1 Å². The van der Waals surface area contributed by atoms with Gasteiger partial charge in [-0.2, -0.15) is 0 Å². The maximum Gasteiger partial charge on any atom is 0.339 e. The first-order valence-corrected chi connectivity index (χ1v) is 14.1. The third-order valence-electron chi connectivity index (χ3n) is 6.37. The molecule has 0 unspecified atom stereocenters. The van der Waals surface area contributed by atoms with Crippen LogP contribution in [0.4, 0.5) is 0 Å². The largest absolute Gasteiger partial charge is 0.507 e. The number of hydrogen-bond acceptors (Lipinski definition) is 6. The third kappa shape index (κ3) is 7.25. The molecular formula is C30H28ClNO6S. The van der Waals surface area contributed by atoms with Crippen LogP contribution >= 0.6 is 11.6 Å². The standard InChI is InChI=1S/C30H28ClNO6S/c31-24-8-4-7-23(17-24)29(34)20-32(19-22-5-2-1-3-6-22)16-15-21-9-11-25(12-10-21)39(37,38)26-13-14-27(30(35)36)28(33)18-26/h1-14,17-18,29,33-34H,15-16,19-20H2,(H,35,36)/t29-/m0/s1. The molecule has 202 valence electrons. The molecule has 0 radical (unpaired) electrons. The molecule has 0 aliphatic heterocycles. The van der Waals surface area contributed by atoms with Crippen LogP contribution in [0.15, 0.2) is 107 Å². The average Bonchev–Trinajstić information content (AvgIpc) is 2.92. The Bertz CT molecular complexity index is 1540. The Morgan fingerprint density at radius 3 is 2.18 bits per heavy atom. The minimum absolute atomic E-state index is 0.0336. The smallest absolute Gasteiger partial charge is 0.339 e. The van der Waals surface area contributed by atoms with Crippen molar-refractivity contribution < 1.29 is 28.5 Å². The van der Waals surface area contributed by atoms with Gasteiger partial charge in [-0.1, -0.05) is 66.2 Å². The number of rotatable bonds is 11. The highest BCUT2D eigenvalue weighted by Gasteiger charge is 2.21. The summed E-state index contributed by atoms with van der Waals surface area (Å²) in [6.07, 6.45) is -0.118. The summed E-state index contributed by atoms with van der Waals surface area (Å²) in [4.78, 5) is 13.1. The predicted octanol–water partition coefficient (Wildman–Crippen LogP) is 5.35. The summed E-state index contributed by atoms with van der Waals surface area (Å²) in [7, 11) is -3.95. The Balaban J connectivity index is 1.47. The van der Waals surface area contributed by atoms with Crippen LogP contribution in [0, 0.1) is 0 Å². The van der Waals surface area contributed by atoms with Gasteiger partial charge in [0.1, 0.15) is 11.3 Å². The third-order valence-corrected chi connectivity index (χ3v) is 8.38. The highest BCUT2D eigenvalue weighted by molar-refractivity contribution is 7.91. The van der Waals surface area contributed by atoms with Gasteiger partial charge in [-0.15, -0.1) is 0 Å². The monoisotopic (exact) mass is 565 g/mol. The first-order chi connectivity index (χ1) is 18.6. The Morgan fingerprint density at radius 2 is 1.54 bits per heavy atom. The molecule has 0 saturated heterocycles. The van der Waals surface area contributed by atoms with E-state index in [2.05, 4.69) is 4.90 Å². The van der Waals surface area contributed by atoms with Gasteiger partial charge in [0.2, 0.25) is 9.84 Å². The zero-order valence-electron chi connectivity index (χ0n) is 20.9. The van der Waals surface area contributed by atoms with E-state index >= 15 is 0 Å². The number of aromatic hydroxyl groups is 1. The number of aromatic carboxylic acids is 1. The first-order valence-electron chi connectivity index (χ1n) is 12.2. The molecule has 0 heterocycles. The van der Waals surface area contributed by atoms with Crippen LogP contribution in [-0.2, 0) is 22.8 Å². The summed E-state index contributed by atoms with van der Waals surface area (Å²) in [6.45, 7) is 1.63. The molecule has 4 aromatic carbocycles. The van der Waals surface area contributed by atoms with Crippen molar-refractivity contribution in [3.63, 3.8) is 0 Å². The van der Waals surface area contributed by atoms with Gasteiger partial charge in [0, 0.05) is 24.7 Å². The number of carboxylic acids is 1. The number of carboxylic acid groups (broad SMARTS) is 1. The zero-order chi connectivity index (χ0) is 28.0. The van der Waals surface area contributed by atoms with Crippen molar-refractivity contribution in [3.8, 4) is 5.75 Å². The van der Waals surface area contributed by atoms with Gasteiger partial charge in [-0.3, -0.25) is 4.90 Å². The summed E-state index contributed by atoms with van der Waals surface area (Å²) in [5, 5.41) is 30.4. The summed E-state index contributed by atoms with van der Waals surface area (Å²) in [6, 6.07) is 26.7. The van der Waals surface area contributed by atoms with Gasteiger partial charge in [0.05, 0.1) is 15.9 Å². The average molecular weight is 566 g/mol. The van der Waals surface area contributed by atoms with E-state index in [0.717, 1.165) is 28.8 Å². The maximum absolute atomic E-state index is 13.0. The van der Waals surface area contributed by atoms with Crippen LogP contribution in [0.25, 0.3) is 0 Å². The Morgan fingerprint density at radius 1 is 0.846 bits per heavy atom. The molecule has 0 saturated carbocycles. The van der Waals surface area contributed by atoms with Crippen LogP contribution in [0.5, 0.6) is 5.75 Å². The van der Waals surface area contributed by atoms with E-state index in [-0.39, 0.29) is 15.4 Å². The number of carbonyl (C=O) groups is 1. The summed E-state index contributed by atoms with van der Waals surface area (Å²) in [5.41, 5.74) is 2.38. The molecule has 0 aliphatic rings. The Kier molecular flexibility index (Phi) is 9.04. The molecule has 0 aliphatic carbocycles. The zero-order valence-corrected chi connectivity index (χ0v) is 22.5. The van der Waals surface area contributed by atoms with Crippen LogP contribution < -0.4 is 0 Å². The van der Waals surface area contributed by atoms with E-state index in [9.17, 15) is 23.4 Å². The lowest BCUT2D eigenvalue weighted by Crippen LogP contribution is -2.30. The molecule has 39 heavy (non-hydrogen) atoms. The van der Waals surface area contributed by atoms with Crippen LogP contribution in [0.3, 0.4) is 0 Å². The maximum atomic E-state index is 13.0. The first kappa shape index (κ1) is 28.3. The van der Waals surface area contributed by atoms with E-state index in [1.807, 2.05) is 36.4 Å². The predicted molar refractivity (Wildman–Crippen MR) is 149 cm³/mol. The van der Waals surface area contributed by atoms with Gasteiger partial charge in [-0.05, 0) is 65.6 Å². The Labute approximate surface area is 232 Å². The molecule has 4 aromatic rings. The fourth-order valence-corrected chi connectivity index (χ4v) is 5.74.